The average Bonchev–Trinajstić information content (AvgIpc) is 2.80. The summed E-state index contributed by atoms with van der Waals surface area (Å²) in [6.45, 7) is 4.95. The third-order valence-corrected chi connectivity index (χ3v) is 3.86. The first-order valence-corrected chi connectivity index (χ1v) is 6.23. The average molecular weight is 223 g/mol. The van der Waals surface area contributed by atoms with Crippen molar-refractivity contribution in [1.29, 1.82) is 0 Å². The van der Waals surface area contributed by atoms with E-state index in [0.29, 0.717) is 6.54 Å². The molecule has 1 aromatic rings. The van der Waals surface area contributed by atoms with Crippen molar-refractivity contribution >= 4 is 0 Å². The molecule has 16 heavy (non-hydrogen) atoms. The minimum atomic E-state index is -0.0487. The molecule has 0 radical (unpaired) electrons. The molecule has 1 aliphatic rings. The predicted molar refractivity (Wildman–Crippen MR) is 62.0 cm³/mol. The van der Waals surface area contributed by atoms with Gasteiger partial charge in [-0.05, 0) is 31.6 Å². The zero-order valence-electron chi connectivity index (χ0n) is 10.2. The first-order valence-electron chi connectivity index (χ1n) is 6.23. The number of nitrogens with zero attached hydrogens (tertiary/aromatic N) is 2. The van der Waals surface area contributed by atoms with Crippen molar-refractivity contribution in [2.75, 3.05) is 6.54 Å². The first kappa shape index (κ1) is 11.6. The van der Waals surface area contributed by atoms with Crippen LogP contribution in [0.25, 0.3) is 0 Å². The van der Waals surface area contributed by atoms with E-state index in [1.807, 2.05) is 6.92 Å². The van der Waals surface area contributed by atoms with Crippen LogP contribution >= 0.6 is 0 Å². The summed E-state index contributed by atoms with van der Waals surface area (Å²) in [5.74, 6) is 2.36. The van der Waals surface area contributed by atoms with Gasteiger partial charge in [-0.2, -0.15) is 4.98 Å². The van der Waals surface area contributed by atoms with Crippen LogP contribution in [0.4, 0.5) is 0 Å². The van der Waals surface area contributed by atoms with E-state index in [1.54, 1.807) is 0 Å². The summed E-state index contributed by atoms with van der Waals surface area (Å²) < 4.78 is 5.38. The highest BCUT2D eigenvalue weighted by molar-refractivity contribution is 5.08. The molecule has 0 saturated heterocycles. The van der Waals surface area contributed by atoms with Crippen LogP contribution in [0.15, 0.2) is 4.52 Å². The van der Waals surface area contributed by atoms with Crippen LogP contribution in [0.1, 0.15) is 51.2 Å². The van der Waals surface area contributed by atoms with Crippen LogP contribution in [-0.2, 0) is 11.8 Å². The second kappa shape index (κ2) is 4.53. The smallest absolute Gasteiger partial charge is 0.234 e. The molecule has 1 fully saturated rings. The third-order valence-electron chi connectivity index (χ3n) is 3.86. The number of hydrogen-bond donors (Lipinski definition) is 1. The maximum Gasteiger partial charge on any atom is 0.234 e. The molecule has 1 aliphatic carbocycles. The summed E-state index contributed by atoms with van der Waals surface area (Å²) in [4.78, 5) is 4.46. The SMILES string of the molecule is CCc1noc(C2(CN)CCC(C)CC2)n1. The Kier molecular flexibility index (Phi) is 3.28. The van der Waals surface area contributed by atoms with Gasteiger partial charge in [-0.15, -0.1) is 0 Å². The Bertz CT molecular complexity index is 340. The van der Waals surface area contributed by atoms with Crippen LogP contribution in [0.5, 0.6) is 0 Å². The van der Waals surface area contributed by atoms with Gasteiger partial charge in [0.15, 0.2) is 5.82 Å². The molecule has 0 amide bonds. The quantitative estimate of drug-likeness (QED) is 0.851. The molecule has 2 rings (SSSR count). The van der Waals surface area contributed by atoms with E-state index >= 15 is 0 Å². The van der Waals surface area contributed by atoms with Crippen LogP contribution in [0, 0.1) is 5.92 Å². The molecule has 1 aromatic heterocycles. The topological polar surface area (TPSA) is 64.9 Å². The van der Waals surface area contributed by atoms with Crippen LogP contribution in [-0.4, -0.2) is 16.7 Å². The second-order valence-electron chi connectivity index (χ2n) is 5.04. The standard InChI is InChI=1S/C12H21N3O/c1-3-10-14-11(16-15-10)12(8-13)6-4-9(2)5-7-12/h9H,3-8,13H2,1-2H3. The first-order chi connectivity index (χ1) is 7.70. The molecule has 0 unspecified atom stereocenters. The number of nitrogens with two attached hydrogens (primary N) is 1. The van der Waals surface area contributed by atoms with E-state index in [0.717, 1.165) is 36.9 Å². The molecule has 4 heteroatoms. The molecule has 0 spiro atoms. The van der Waals surface area contributed by atoms with Gasteiger partial charge in [-0.25, -0.2) is 0 Å². The van der Waals surface area contributed by atoms with Gasteiger partial charge < -0.3 is 10.3 Å². The van der Waals surface area contributed by atoms with Gasteiger partial charge in [0.1, 0.15) is 0 Å². The van der Waals surface area contributed by atoms with Crippen LogP contribution in [0.2, 0.25) is 0 Å². The van der Waals surface area contributed by atoms with Crippen molar-refractivity contribution in [3.63, 3.8) is 0 Å². The minimum Gasteiger partial charge on any atom is -0.339 e. The van der Waals surface area contributed by atoms with E-state index in [-0.39, 0.29) is 5.41 Å². The normalized spacial score (nSPS) is 30.6. The number of aromatic nitrogens is 2. The van der Waals surface area contributed by atoms with E-state index in [4.69, 9.17) is 10.3 Å². The molecular weight excluding hydrogens is 202 g/mol. The highest BCUT2D eigenvalue weighted by atomic mass is 16.5. The fourth-order valence-corrected chi connectivity index (χ4v) is 2.43. The summed E-state index contributed by atoms with van der Waals surface area (Å²) in [6.07, 6.45) is 5.40. The lowest BCUT2D eigenvalue weighted by Crippen LogP contribution is -2.39. The van der Waals surface area contributed by atoms with Gasteiger partial charge in [0.05, 0.1) is 5.41 Å². The molecule has 90 valence electrons. The Balaban J connectivity index is 2.20. The van der Waals surface area contributed by atoms with Crippen molar-refractivity contribution < 1.29 is 4.52 Å². The summed E-state index contributed by atoms with van der Waals surface area (Å²) in [5, 5.41) is 3.98. The summed E-state index contributed by atoms with van der Waals surface area (Å²) in [5.41, 5.74) is 5.89. The van der Waals surface area contributed by atoms with Crippen molar-refractivity contribution in [3.05, 3.63) is 11.7 Å². The van der Waals surface area contributed by atoms with Crippen molar-refractivity contribution in [1.82, 2.24) is 10.1 Å². The molecule has 0 bridgehead atoms. The summed E-state index contributed by atoms with van der Waals surface area (Å²) in [6, 6.07) is 0. The second-order valence-corrected chi connectivity index (χ2v) is 5.04. The highest BCUT2D eigenvalue weighted by Crippen LogP contribution is 2.39. The third kappa shape index (κ3) is 1.98. The van der Waals surface area contributed by atoms with E-state index in [2.05, 4.69) is 17.1 Å². The van der Waals surface area contributed by atoms with E-state index in [1.165, 1.54) is 12.8 Å². The van der Waals surface area contributed by atoms with Gasteiger partial charge in [0.25, 0.3) is 0 Å². The number of rotatable bonds is 3. The fraction of sp³-hybridized carbons (Fsp3) is 0.833. The largest absolute Gasteiger partial charge is 0.339 e. The molecule has 2 N–H and O–H groups in total. The minimum absolute atomic E-state index is 0.0487. The molecule has 4 nitrogen and oxygen atoms in total. The van der Waals surface area contributed by atoms with Crippen molar-refractivity contribution in [2.45, 2.75) is 51.4 Å². The molecule has 1 heterocycles. The zero-order valence-corrected chi connectivity index (χ0v) is 10.2. The molecule has 1 saturated carbocycles. The highest BCUT2D eigenvalue weighted by Gasteiger charge is 2.39. The van der Waals surface area contributed by atoms with Gasteiger partial charge in [0, 0.05) is 13.0 Å². The van der Waals surface area contributed by atoms with Crippen molar-refractivity contribution in [3.8, 4) is 0 Å². The van der Waals surface area contributed by atoms with Gasteiger partial charge in [-0.3, -0.25) is 0 Å². The monoisotopic (exact) mass is 223 g/mol. The Labute approximate surface area is 96.6 Å². The fourth-order valence-electron chi connectivity index (χ4n) is 2.43. The van der Waals surface area contributed by atoms with Crippen LogP contribution < -0.4 is 5.73 Å². The molecule has 0 atom stereocenters. The lowest BCUT2D eigenvalue weighted by atomic mass is 9.71. The Morgan fingerprint density at radius 2 is 2.12 bits per heavy atom. The zero-order chi connectivity index (χ0) is 11.6. The Hall–Kier alpha value is -0.900. The van der Waals surface area contributed by atoms with Gasteiger partial charge in [0.2, 0.25) is 5.89 Å². The molecule has 0 aliphatic heterocycles. The van der Waals surface area contributed by atoms with Gasteiger partial charge >= 0.3 is 0 Å². The maximum absolute atomic E-state index is 5.94. The Morgan fingerprint density at radius 1 is 1.44 bits per heavy atom. The maximum atomic E-state index is 5.94. The summed E-state index contributed by atoms with van der Waals surface area (Å²) in [7, 11) is 0. The van der Waals surface area contributed by atoms with E-state index in [9.17, 15) is 0 Å². The van der Waals surface area contributed by atoms with E-state index < -0.39 is 0 Å². The Morgan fingerprint density at radius 3 is 2.62 bits per heavy atom. The van der Waals surface area contributed by atoms with Gasteiger partial charge in [-0.1, -0.05) is 19.0 Å². The van der Waals surface area contributed by atoms with Crippen molar-refractivity contribution in [2.24, 2.45) is 11.7 Å². The number of aryl methyl sites for hydroxylation is 1. The lowest BCUT2D eigenvalue weighted by molar-refractivity contribution is 0.191. The molecule has 0 aromatic carbocycles. The lowest BCUT2D eigenvalue weighted by Gasteiger charge is -2.35. The summed E-state index contributed by atoms with van der Waals surface area (Å²) >= 11 is 0. The number of hydrogen-bond acceptors (Lipinski definition) is 4. The van der Waals surface area contributed by atoms with Crippen LogP contribution in [0.3, 0.4) is 0 Å². The predicted octanol–water partition coefficient (Wildman–Crippen LogP) is 2.04. The molecular formula is C12H21N3O.